The molecule has 0 spiro atoms. The topological polar surface area (TPSA) is 51.0 Å². The summed E-state index contributed by atoms with van der Waals surface area (Å²) in [6.07, 6.45) is 0. The minimum Gasteiger partial charge on any atom is -0.403 e. The second-order valence-corrected chi connectivity index (χ2v) is 4.05. The van der Waals surface area contributed by atoms with Crippen LogP contribution >= 0.6 is 0 Å². The van der Waals surface area contributed by atoms with Gasteiger partial charge in [-0.25, -0.2) is 0 Å². The highest BCUT2D eigenvalue weighted by Gasteiger charge is 2.07. The molecule has 0 fully saturated rings. The molecule has 0 radical (unpaired) electrons. The zero-order valence-corrected chi connectivity index (χ0v) is 9.47. The van der Waals surface area contributed by atoms with E-state index in [2.05, 4.69) is 29.4 Å². The summed E-state index contributed by atoms with van der Waals surface area (Å²) in [6, 6.07) is 10.2. The van der Waals surface area contributed by atoms with Crippen LogP contribution in [0.2, 0.25) is 0 Å². The Hall–Kier alpha value is -1.84. The summed E-state index contributed by atoms with van der Waals surface area (Å²) in [4.78, 5) is 0. The highest BCUT2D eigenvalue weighted by atomic mass is 16.4. The van der Waals surface area contributed by atoms with Crippen molar-refractivity contribution in [3.05, 3.63) is 30.3 Å². The van der Waals surface area contributed by atoms with E-state index in [0.717, 1.165) is 12.1 Å². The lowest BCUT2D eigenvalue weighted by Crippen LogP contribution is -2.07. The van der Waals surface area contributed by atoms with E-state index < -0.39 is 0 Å². The molecule has 0 bridgehead atoms. The molecule has 1 aromatic heterocycles. The molecule has 4 heteroatoms. The van der Waals surface area contributed by atoms with Gasteiger partial charge in [-0.1, -0.05) is 37.1 Å². The van der Waals surface area contributed by atoms with E-state index in [1.165, 1.54) is 0 Å². The second kappa shape index (κ2) is 4.79. The summed E-state index contributed by atoms with van der Waals surface area (Å²) in [5.74, 6) is 1.10. The van der Waals surface area contributed by atoms with Gasteiger partial charge in [0.2, 0.25) is 5.89 Å². The minimum absolute atomic E-state index is 0.479. The maximum absolute atomic E-state index is 5.49. The van der Waals surface area contributed by atoms with Crippen molar-refractivity contribution in [2.75, 3.05) is 11.9 Å². The Morgan fingerprint density at radius 3 is 2.62 bits per heavy atom. The first-order valence-corrected chi connectivity index (χ1v) is 5.38. The van der Waals surface area contributed by atoms with Crippen molar-refractivity contribution in [2.45, 2.75) is 13.8 Å². The minimum atomic E-state index is 0.479. The normalized spacial score (nSPS) is 10.7. The lowest BCUT2D eigenvalue weighted by atomic mass is 10.2. The van der Waals surface area contributed by atoms with Gasteiger partial charge in [0.05, 0.1) is 0 Å². The Kier molecular flexibility index (Phi) is 3.19. The Morgan fingerprint density at radius 2 is 1.94 bits per heavy atom. The van der Waals surface area contributed by atoms with Gasteiger partial charge < -0.3 is 9.73 Å². The fourth-order valence-corrected chi connectivity index (χ4v) is 1.28. The van der Waals surface area contributed by atoms with Crippen LogP contribution in [0.3, 0.4) is 0 Å². The van der Waals surface area contributed by atoms with Crippen LogP contribution in [-0.4, -0.2) is 16.7 Å². The monoisotopic (exact) mass is 217 g/mol. The zero-order chi connectivity index (χ0) is 11.4. The average molecular weight is 217 g/mol. The molecular weight excluding hydrogens is 202 g/mol. The molecule has 0 unspecified atom stereocenters. The van der Waals surface area contributed by atoms with Gasteiger partial charge in [0, 0.05) is 12.1 Å². The van der Waals surface area contributed by atoms with Crippen LogP contribution in [0.4, 0.5) is 6.01 Å². The van der Waals surface area contributed by atoms with E-state index >= 15 is 0 Å². The molecule has 0 saturated heterocycles. The lowest BCUT2D eigenvalue weighted by molar-refractivity contribution is 0.569. The van der Waals surface area contributed by atoms with Crippen molar-refractivity contribution >= 4 is 6.01 Å². The summed E-state index contributed by atoms with van der Waals surface area (Å²) >= 11 is 0. The first kappa shape index (κ1) is 10.7. The summed E-state index contributed by atoms with van der Waals surface area (Å²) < 4.78 is 5.49. The van der Waals surface area contributed by atoms with Gasteiger partial charge in [0.25, 0.3) is 0 Å². The van der Waals surface area contributed by atoms with Gasteiger partial charge in [-0.15, -0.1) is 5.10 Å². The number of nitrogens with zero attached hydrogens (tertiary/aromatic N) is 2. The van der Waals surface area contributed by atoms with Crippen LogP contribution in [0.1, 0.15) is 13.8 Å². The molecule has 1 N–H and O–H groups in total. The molecule has 0 aliphatic heterocycles. The van der Waals surface area contributed by atoms with Crippen molar-refractivity contribution in [3.63, 3.8) is 0 Å². The molecule has 0 aliphatic carbocycles. The van der Waals surface area contributed by atoms with Crippen LogP contribution < -0.4 is 5.32 Å². The highest BCUT2D eigenvalue weighted by Crippen LogP contribution is 2.18. The molecule has 0 atom stereocenters. The van der Waals surface area contributed by atoms with E-state index in [9.17, 15) is 0 Å². The van der Waals surface area contributed by atoms with E-state index in [-0.39, 0.29) is 0 Å². The third-order valence-electron chi connectivity index (χ3n) is 2.11. The molecule has 2 aromatic rings. The number of hydrogen-bond acceptors (Lipinski definition) is 4. The van der Waals surface area contributed by atoms with Crippen molar-refractivity contribution in [1.29, 1.82) is 0 Å². The summed E-state index contributed by atoms with van der Waals surface area (Å²) in [7, 11) is 0. The maximum atomic E-state index is 5.49. The predicted octanol–water partition coefficient (Wildman–Crippen LogP) is 2.80. The van der Waals surface area contributed by atoms with Gasteiger partial charge in [-0.2, -0.15) is 0 Å². The Bertz CT molecular complexity index is 437. The molecule has 2 rings (SSSR count). The lowest BCUT2D eigenvalue weighted by Gasteiger charge is -2.02. The van der Waals surface area contributed by atoms with Crippen molar-refractivity contribution < 1.29 is 4.42 Å². The first-order valence-electron chi connectivity index (χ1n) is 5.38. The maximum Gasteiger partial charge on any atom is 0.315 e. The Morgan fingerprint density at radius 1 is 1.19 bits per heavy atom. The van der Waals surface area contributed by atoms with Gasteiger partial charge in [0.15, 0.2) is 0 Å². The van der Waals surface area contributed by atoms with Crippen molar-refractivity contribution in [2.24, 2.45) is 5.92 Å². The van der Waals surface area contributed by atoms with Gasteiger partial charge in [-0.3, -0.25) is 0 Å². The molecule has 0 amide bonds. The number of benzene rings is 1. The van der Waals surface area contributed by atoms with Gasteiger partial charge >= 0.3 is 6.01 Å². The number of anilines is 1. The smallest absolute Gasteiger partial charge is 0.315 e. The number of hydrogen-bond donors (Lipinski definition) is 1. The van der Waals surface area contributed by atoms with Gasteiger partial charge in [0.1, 0.15) is 0 Å². The van der Waals surface area contributed by atoms with E-state index in [4.69, 9.17) is 4.42 Å². The van der Waals surface area contributed by atoms with Crippen LogP contribution in [0.5, 0.6) is 0 Å². The molecule has 4 nitrogen and oxygen atoms in total. The molecule has 16 heavy (non-hydrogen) atoms. The van der Waals surface area contributed by atoms with Crippen LogP contribution in [0.15, 0.2) is 34.7 Å². The van der Waals surface area contributed by atoms with Crippen LogP contribution in [-0.2, 0) is 0 Å². The molecule has 1 aromatic carbocycles. The summed E-state index contributed by atoms with van der Waals surface area (Å²) in [6.45, 7) is 5.08. The fourth-order valence-electron chi connectivity index (χ4n) is 1.28. The van der Waals surface area contributed by atoms with E-state index in [1.54, 1.807) is 0 Å². The SMILES string of the molecule is CC(C)CNc1nnc(-c2ccccc2)o1. The number of nitrogens with one attached hydrogen (secondary N) is 1. The molecule has 1 heterocycles. The van der Waals surface area contributed by atoms with Gasteiger partial charge in [-0.05, 0) is 18.1 Å². The second-order valence-electron chi connectivity index (χ2n) is 4.05. The highest BCUT2D eigenvalue weighted by molar-refractivity contribution is 5.52. The third kappa shape index (κ3) is 2.59. The predicted molar refractivity (Wildman–Crippen MR) is 63.1 cm³/mol. The standard InChI is InChI=1S/C12H15N3O/c1-9(2)8-13-12-15-14-11(16-12)10-6-4-3-5-7-10/h3-7,9H,8H2,1-2H3,(H,13,15). The summed E-state index contributed by atoms with van der Waals surface area (Å²) in [5, 5.41) is 11.0. The zero-order valence-electron chi connectivity index (χ0n) is 9.47. The Balaban J connectivity index is 2.08. The summed E-state index contributed by atoms with van der Waals surface area (Å²) in [5.41, 5.74) is 0.938. The van der Waals surface area contributed by atoms with Crippen molar-refractivity contribution in [3.8, 4) is 11.5 Å². The quantitative estimate of drug-likeness (QED) is 0.855. The first-order chi connectivity index (χ1) is 7.75. The molecule has 84 valence electrons. The molecule has 0 aliphatic rings. The number of aromatic nitrogens is 2. The third-order valence-corrected chi connectivity index (χ3v) is 2.11. The molecular formula is C12H15N3O. The number of rotatable bonds is 4. The molecule has 0 saturated carbocycles. The van der Waals surface area contributed by atoms with E-state index in [1.807, 2.05) is 30.3 Å². The van der Waals surface area contributed by atoms with Crippen LogP contribution in [0.25, 0.3) is 11.5 Å². The fraction of sp³-hybridized carbons (Fsp3) is 0.333. The van der Waals surface area contributed by atoms with Crippen molar-refractivity contribution in [1.82, 2.24) is 10.2 Å². The largest absolute Gasteiger partial charge is 0.403 e. The Labute approximate surface area is 94.7 Å². The van der Waals surface area contributed by atoms with Crippen LogP contribution in [0, 0.1) is 5.92 Å². The van der Waals surface area contributed by atoms with E-state index in [0.29, 0.717) is 17.8 Å². The average Bonchev–Trinajstić information content (AvgIpc) is 2.76.